The zero-order chi connectivity index (χ0) is 19.9. The monoisotopic (exact) mass is 388 g/mol. The fraction of sp³-hybridized carbons (Fsp3) is 0.348. The van der Waals surface area contributed by atoms with Gasteiger partial charge in [-0.3, -0.25) is 9.88 Å². The van der Waals surface area contributed by atoms with E-state index in [0.717, 1.165) is 57.5 Å². The van der Waals surface area contributed by atoms with Crippen LogP contribution in [0.1, 0.15) is 11.1 Å². The van der Waals surface area contributed by atoms with Crippen LogP contribution >= 0.6 is 0 Å². The maximum Gasteiger partial charge on any atom is 0.227 e. The fourth-order valence-electron chi connectivity index (χ4n) is 3.61. The van der Waals surface area contributed by atoms with E-state index in [1.54, 1.807) is 0 Å². The van der Waals surface area contributed by atoms with E-state index in [2.05, 4.69) is 74.2 Å². The molecule has 6 nitrogen and oxygen atoms in total. The third kappa shape index (κ3) is 5.29. The van der Waals surface area contributed by atoms with Crippen LogP contribution in [0.25, 0.3) is 0 Å². The SMILES string of the molecule is CN(CCc1ccncc1)c1ccnc(N2CCN(Cc3ccccc3)CC2)n1. The minimum absolute atomic E-state index is 0.831. The number of likely N-dealkylation sites (N-methyl/N-ethyl adjacent to an activating group) is 1. The molecule has 6 heteroatoms. The molecular weight excluding hydrogens is 360 g/mol. The Morgan fingerprint density at radius 3 is 2.38 bits per heavy atom. The van der Waals surface area contributed by atoms with Gasteiger partial charge in [-0.05, 0) is 35.7 Å². The summed E-state index contributed by atoms with van der Waals surface area (Å²) in [6, 6.07) is 16.8. The van der Waals surface area contributed by atoms with E-state index in [1.165, 1.54) is 11.1 Å². The fourth-order valence-corrected chi connectivity index (χ4v) is 3.61. The summed E-state index contributed by atoms with van der Waals surface area (Å²) in [7, 11) is 2.09. The zero-order valence-electron chi connectivity index (χ0n) is 17.0. The van der Waals surface area contributed by atoms with Gasteiger partial charge in [0.05, 0.1) is 0 Å². The number of benzene rings is 1. The third-order valence-electron chi connectivity index (χ3n) is 5.41. The Morgan fingerprint density at radius 1 is 0.862 bits per heavy atom. The van der Waals surface area contributed by atoms with E-state index in [4.69, 9.17) is 4.98 Å². The van der Waals surface area contributed by atoms with Crippen molar-refractivity contribution < 1.29 is 0 Å². The molecule has 0 amide bonds. The van der Waals surface area contributed by atoms with Crippen molar-refractivity contribution in [2.45, 2.75) is 13.0 Å². The second-order valence-electron chi connectivity index (χ2n) is 7.49. The second-order valence-corrected chi connectivity index (χ2v) is 7.49. The van der Waals surface area contributed by atoms with E-state index < -0.39 is 0 Å². The maximum atomic E-state index is 4.83. The summed E-state index contributed by atoms with van der Waals surface area (Å²) in [6.45, 7) is 5.88. The second kappa shape index (κ2) is 9.47. The number of rotatable bonds is 7. The van der Waals surface area contributed by atoms with Gasteiger partial charge in [-0.2, -0.15) is 4.98 Å². The summed E-state index contributed by atoms with van der Waals surface area (Å²) >= 11 is 0. The smallest absolute Gasteiger partial charge is 0.227 e. The van der Waals surface area contributed by atoms with Gasteiger partial charge in [0.2, 0.25) is 5.95 Å². The standard InChI is InChI=1S/C23H28N6/c1-27(14-10-20-7-11-24-12-8-20)22-9-13-25-23(26-22)29-17-15-28(16-18-29)19-21-5-3-2-4-6-21/h2-9,11-13H,10,14-19H2,1H3. The first-order valence-electron chi connectivity index (χ1n) is 10.2. The van der Waals surface area contributed by atoms with Crippen LogP contribution in [0.4, 0.5) is 11.8 Å². The van der Waals surface area contributed by atoms with Gasteiger partial charge in [0.1, 0.15) is 5.82 Å². The number of hydrogen-bond acceptors (Lipinski definition) is 6. The van der Waals surface area contributed by atoms with Gasteiger partial charge in [0.15, 0.2) is 0 Å². The molecule has 1 aromatic carbocycles. The predicted molar refractivity (Wildman–Crippen MR) is 117 cm³/mol. The molecule has 1 saturated heterocycles. The highest BCUT2D eigenvalue weighted by Crippen LogP contribution is 2.17. The van der Waals surface area contributed by atoms with Crippen molar-refractivity contribution in [2.24, 2.45) is 0 Å². The molecule has 3 heterocycles. The molecule has 2 aromatic heterocycles. The molecule has 3 aromatic rings. The lowest BCUT2D eigenvalue weighted by atomic mass is 10.2. The molecule has 0 bridgehead atoms. The van der Waals surface area contributed by atoms with E-state index in [9.17, 15) is 0 Å². The van der Waals surface area contributed by atoms with Crippen LogP contribution in [-0.4, -0.2) is 59.6 Å². The summed E-state index contributed by atoms with van der Waals surface area (Å²) in [4.78, 5) is 20.4. The molecule has 0 unspecified atom stereocenters. The van der Waals surface area contributed by atoms with Crippen LogP contribution in [0.5, 0.6) is 0 Å². The lowest BCUT2D eigenvalue weighted by Gasteiger charge is -2.35. The van der Waals surface area contributed by atoms with Crippen LogP contribution in [0.2, 0.25) is 0 Å². The number of pyridine rings is 1. The zero-order valence-corrected chi connectivity index (χ0v) is 17.0. The average Bonchev–Trinajstić information content (AvgIpc) is 2.79. The van der Waals surface area contributed by atoms with Gasteiger partial charge < -0.3 is 9.80 Å². The minimum atomic E-state index is 0.831. The van der Waals surface area contributed by atoms with E-state index in [0.29, 0.717) is 0 Å². The molecule has 0 spiro atoms. The first-order chi connectivity index (χ1) is 14.3. The summed E-state index contributed by atoms with van der Waals surface area (Å²) in [5.41, 5.74) is 2.66. The molecule has 29 heavy (non-hydrogen) atoms. The van der Waals surface area contributed by atoms with Crippen molar-refractivity contribution in [1.82, 2.24) is 19.9 Å². The van der Waals surface area contributed by atoms with E-state index >= 15 is 0 Å². The van der Waals surface area contributed by atoms with Gasteiger partial charge in [0, 0.05) is 64.9 Å². The van der Waals surface area contributed by atoms with Crippen molar-refractivity contribution in [3.63, 3.8) is 0 Å². The van der Waals surface area contributed by atoms with Crippen molar-refractivity contribution in [3.05, 3.63) is 78.2 Å². The molecular formula is C23H28N6. The molecule has 150 valence electrons. The van der Waals surface area contributed by atoms with Crippen molar-refractivity contribution >= 4 is 11.8 Å². The average molecular weight is 389 g/mol. The quantitative estimate of drug-likeness (QED) is 0.620. The highest BCUT2D eigenvalue weighted by Gasteiger charge is 2.19. The maximum absolute atomic E-state index is 4.83. The van der Waals surface area contributed by atoms with E-state index in [-0.39, 0.29) is 0 Å². The topological polar surface area (TPSA) is 48.4 Å². The molecule has 1 aliphatic heterocycles. The normalized spacial score (nSPS) is 14.7. The lowest BCUT2D eigenvalue weighted by molar-refractivity contribution is 0.248. The van der Waals surface area contributed by atoms with Crippen LogP contribution in [0, 0.1) is 0 Å². The largest absolute Gasteiger partial charge is 0.359 e. The Balaban J connectivity index is 1.31. The van der Waals surface area contributed by atoms with Crippen LogP contribution in [-0.2, 0) is 13.0 Å². The lowest BCUT2D eigenvalue weighted by Crippen LogP contribution is -2.46. The molecule has 0 atom stereocenters. The van der Waals surface area contributed by atoms with Gasteiger partial charge in [-0.1, -0.05) is 30.3 Å². The first kappa shape index (κ1) is 19.3. The Labute approximate surface area is 172 Å². The minimum Gasteiger partial charge on any atom is -0.359 e. The number of piperazine rings is 1. The van der Waals surface area contributed by atoms with Gasteiger partial charge in [-0.15, -0.1) is 0 Å². The Morgan fingerprint density at radius 2 is 1.62 bits per heavy atom. The van der Waals surface area contributed by atoms with Crippen LogP contribution < -0.4 is 9.80 Å². The highest BCUT2D eigenvalue weighted by molar-refractivity contribution is 5.43. The van der Waals surface area contributed by atoms with Crippen LogP contribution in [0.15, 0.2) is 67.1 Å². The number of aromatic nitrogens is 3. The Kier molecular flexibility index (Phi) is 6.32. The van der Waals surface area contributed by atoms with Gasteiger partial charge in [-0.25, -0.2) is 4.98 Å². The highest BCUT2D eigenvalue weighted by atomic mass is 15.3. The van der Waals surface area contributed by atoms with Gasteiger partial charge in [0.25, 0.3) is 0 Å². The Bertz CT molecular complexity index is 878. The van der Waals surface area contributed by atoms with Crippen molar-refractivity contribution in [2.75, 3.05) is 49.6 Å². The van der Waals surface area contributed by atoms with E-state index in [1.807, 2.05) is 24.7 Å². The molecule has 0 aliphatic carbocycles. The molecule has 1 fully saturated rings. The van der Waals surface area contributed by atoms with Crippen molar-refractivity contribution in [1.29, 1.82) is 0 Å². The predicted octanol–water partition coefficient (Wildman–Crippen LogP) is 2.87. The molecule has 0 radical (unpaired) electrons. The molecule has 0 saturated carbocycles. The summed E-state index contributed by atoms with van der Waals surface area (Å²) in [5, 5.41) is 0. The van der Waals surface area contributed by atoms with Crippen LogP contribution in [0.3, 0.4) is 0 Å². The Hall–Kier alpha value is -2.99. The van der Waals surface area contributed by atoms with Crippen molar-refractivity contribution in [3.8, 4) is 0 Å². The third-order valence-corrected chi connectivity index (χ3v) is 5.41. The number of hydrogen-bond donors (Lipinski definition) is 0. The molecule has 0 N–H and O–H groups in total. The first-order valence-corrected chi connectivity index (χ1v) is 10.2. The number of nitrogens with zero attached hydrogens (tertiary/aromatic N) is 6. The molecule has 1 aliphatic rings. The summed E-state index contributed by atoms with van der Waals surface area (Å²) in [5.74, 6) is 1.80. The summed E-state index contributed by atoms with van der Waals surface area (Å²) in [6.07, 6.45) is 6.53. The number of anilines is 2. The van der Waals surface area contributed by atoms with Gasteiger partial charge >= 0.3 is 0 Å². The summed E-state index contributed by atoms with van der Waals surface area (Å²) < 4.78 is 0. The molecule has 4 rings (SSSR count).